The van der Waals surface area contributed by atoms with Crippen LogP contribution in [0.1, 0.15) is 26.8 Å². The molecule has 0 spiro atoms. The molecule has 0 aliphatic heterocycles. The van der Waals surface area contributed by atoms with Crippen molar-refractivity contribution in [2.24, 2.45) is 0 Å². The van der Waals surface area contributed by atoms with E-state index >= 15 is 0 Å². The van der Waals surface area contributed by atoms with E-state index in [4.69, 9.17) is 0 Å². The van der Waals surface area contributed by atoms with Gasteiger partial charge in [0, 0.05) is 5.56 Å². The van der Waals surface area contributed by atoms with Gasteiger partial charge in [-0.15, -0.1) is 0 Å². The van der Waals surface area contributed by atoms with Crippen LogP contribution in [0.15, 0.2) is 41.3 Å². The summed E-state index contributed by atoms with van der Waals surface area (Å²) in [6.45, 7) is 2.09. The molecule has 0 fully saturated rings. The van der Waals surface area contributed by atoms with Crippen LogP contribution in [-0.2, 0) is 16.5 Å². The third-order valence-corrected chi connectivity index (χ3v) is 3.93. The van der Waals surface area contributed by atoms with Gasteiger partial charge in [0.1, 0.15) is 4.90 Å². The summed E-state index contributed by atoms with van der Waals surface area (Å²) in [4.78, 5) is 0.0137. The van der Waals surface area contributed by atoms with Crippen LogP contribution in [0.2, 0.25) is 0 Å². The van der Waals surface area contributed by atoms with E-state index in [-0.39, 0.29) is 35.9 Å². The normalized spacial score (nSPS) is 11.3. The molecule has 2 aliphatic carbocycles. The Bertz CT molecular complexity index is 628. The van der Waals surface area contributed by atoms with Gasteiger partial charge in [-0.1, -0.05) is 43.7 Å². The molecule has 0 heterocycles. The summed E-state index contributed by atoms with van der Waals surface area (Å²) in [5.74, 6) is 0. The Morgan fingerprint density at radius 2 is 1.79 bits per heavy atom. The summed E-state index contributed by atoms with van der Waals surface area (Å²) in [5, 5.41) is 0. The van der Waals surface area contributed by atoms with Crippen LogP contribution in [-0.4, -0.2) is 13.0 Å². The molecule has 98 valence electrons. The standard InChI is InChI=1S/C14H16O3S.Na.H/c1-2-3-7-11-10-14(18(15,16)17)13-9-6-4-5-8-12(11)13;;/h4-6,8-10H,2-3,7H2,1H3,(H,15,16,17);;/q;+1;-1. The molecule has 0 unspecified atom stereocenters. The molecule has 0 saturated carbocycles. The van der Waals surface area contributed by atoms with Gasteiger partial charge >= 0.3 is 29.6 Å². The van der Waals surface area contributed by atoms with Crippen molar-refractivity contribution < 1.29 is 44.0 Å². The summed E-state index contributed by atoms with van der Waals surface area (Å²) >= 11 is 0. The van der Waals surface area contributed by atoms with E-state index in [1.807, 2.05) is 18.2 Å². The fourth-order valence-electron chi connectivity index (χ4n) is 2.14. The van der Waals surface area contributed by atoms with Crippen molar-refractivity contribution in [3.63, 3.8) is 0 Å². The zero-order valence-electron chi connectivity index (χ0n) is 12.3. The maximum Gasteiger partial charge on any atom is 1.00 e. The number of unbranched alkanes of at least 4 members (excludes halogenated alkanes) is 1. The summed E-state index contributed by atoms with van der Waals surface area (Å²) < 4.78 is 32.1. The summed E-state index contributed by atoms with van der Waals surface area (Å²) in [6.07, 6.45) is 2.88. The van der Waals surface area contributed by atoms with Crippen LogP contribution >= 0.6 is 0 Å². The van der Waals surface area contributed by atoms with Crippen molar-refractivity contribution in [3.05, 3.63) is 42.0 Å². The van der Waals surface area contributed by atoms with Crippen LogP contribution in [0.5, 0.6) is 0 Å². The van der Waals surface area contributed by atoms with E-state index in [1.54, 1.807) is 18.2 Å². The molecule has 3 nitrogen and oxygen atoms in total. The quantitative estimate of drug-likeness (QED) is 0.658. The largest absolute Gasteiger partial charge is 1.00 e. The van der Waals surface area contributed by atoms with Gasteiger partial charge in [-0.05, 0) is 30.0 Å². The van der Waals surface area contributed by atoms with Crippen LogP contribution in [0.3, 0.4) is 0 Å². The van der Waals surface area contributed by atoms with Crippen LogP contribution in [0.4, 0.5) is 0 Å². The number of hydrogen-bond acceptors (Lipinski definition) is 2. The third-order valence-electron chi connectivity index (χ3n) is 3.03. The first-order valence-corrected chi connectivity index (χ1v) is 7.46. The minimum Gasteiger partial charge on any atom is -1.00 e. The van der Waals surface area contributed by atoms with E-state index in [1.165, 1.54) is 0 Å². The molecule has 1 N–H and O–H groups in total. The first-order chi connectivity index (χ1) is 8.54. The zero-order chi connectivity index (χ0) is 13.2. The maximum absolute atomic E-state index is 11.4. The van der Waals surface area contributed by atoms with Crippen molar-refractivity contribution in [1.29, 1.82) is 0 Å². The molecule has 2 aliphatic rings. The number of aryl methyl sites for hydroxylation is 1. The predicted molar refractivity (Wildman–Crippen MR) is 72.6 cm³/mol. The van der Waals surface area contributed by atoms with Crippen molar-refractivity contribution in [2.45, 2.75) is 31.1 Å². The van der Waals surface area contributed by atoms with E-state index in [9.17, 15) is 13.0 Å². The SMILES string of the molecule is CCCCc1cc(S(=O)(=O)O)c2cccccc1-2.[H-].[Na+]. The minimum absolute atomic E-state index is 0. The molecule has 0 atom stereocenters. The van der Waals surface area contributed by atoms with Gasteiger partial charge in [0.25, 0.3) is 10.1 Å². The average molecular weight is 288 g/mol. The molecule has 0 amide bonds. The first-order valence-electron chi connectivity index (χ1n) is 6.02. The van der Waals surface area contributed by atoms with Gasteiger partial charge < -0.3 is 1.43 Å². The molecule has 0 bridgehead atoms. The smallest absolute Gasteiger partial charge is 1.00 e. The molecule has 0 aromatic heterocycles. The first kappa shape index (κ1) is 16.7. The summed E-state index contributed by atoms with van der Waals surface area (Å²) in [5.41, 5.74) is 2.48. The molecule has 0 saturated heterocycles. The van der Waals surface area contributed by atoms with Crippen LogP contribution < -0.4 is 29.6 Å². The van der Waals surface area contributed by atoms with E-state index in [0.29, 0.717) is 5.56 Å². The minimum atomic E-state index is -4.16. The summed E-state index contributed by atoms with van der Waals surface area (Å²) in [7, 11) is -4.16. The fourth-order valence-corrected chi connectivity index (χ4v) is 2.89. The molecule has 5 heteroatoms. The third kappa shape index (κ3) is 3.80. The zero-order valence-corrected chi connectivity index (χ0v) is 14.1. The van der Waals surface area contributed by atoms with Crippen LogP contribution in [0, 0.1) is 0 Å². The number of fused-ring (bicyclic) bond motifs is 1. The number of rotatable bonds is 4. The van der Waals surface area contributed by atoms with E-state index in [2.05, 4.69) is 6.92 Å². The van der Waals surface area contributed by atoms with Gasteiger partial charge in [-0.2, -0.15) is 8.42 Å². The Labute approximate surface area is 137 Å². The Morgan fingerprint density at radius 1 is 1.16 bits per heavy atom. The van der Waals surface area contributed by atoms with Gasteiger partial charge in [0.15, 0.2) is 0 Å². The Balaban J connectivity index is 0.00000180. The van der Waals surface area contributed by atoms with Crippen molar-refractivity contribution in [1.82, 2.24) is 0 Å². The predicted octanol–water partition coefficient (Wildman–Crippen LogP) is 0.497. The molecule has 0 aromatic carbocycles. The number of hydrogen-bond donors (Lipinski definition) is 1. The molecular formula is C14H17NaO3S. The molecular weight excluding hydrogens is 271 g/mol. The van der Waals surface area contributed by atoms with Gasteiger partial charge in [0.05, 0.1) is 0 Å². The van der Waals surface area contributed by atoms with Gasteiger partial charge in [-0.3, -0.25) is 4.55 Å². The second-order valence-corrected chi connectivity index (χ2v) is 5.74. The van der Waals surface area contributed by atoms with Gasteiger partial charge in [0.2, 0.25) is 0 Å². The Kier molecular flexibility index (Phi) is 6.02. The molecule has 19 heavy (non-hydrogen) atoms. The average Bonchev–Trinajstić information content (AvgIpc) is 2.49. The second-order valence-electron chi connectivity index (χ2n) is 4.35. The molecule has 0 radical (unpaired) electrons. The topological polar surface area (TPSA) is 54.4 Å². The molecule has 0 aromatic rings. The van der Waals surface area contributed by atoms with Crippen molar-refractivity contribution in [3.8, 4) is 11.1 Å². The Hall–Kier alpha value is -0.390. The van der Waals surface area contributed by atoms with E-state index < -0.39 is 10.1 Å². The van der Waals surface area contributed by atoms with Crippen molar-refractivity contribution in [2.75, 3.05) is 0 Å². The fraction of sp³-hybridized carbons (Fsp3) is 0.286. The van der Waals surface area contributed by atoms with E-state index in [0.717, 1.165) is 30.4 Å². The molecule has 2 rings (SSSR count). The Morgan fingerprint density at radius 3 is 2.37 bits per heavy atom. The summed E-state index contributed by atoms with van der Waals surface area (Å²) in [6, 6.07) is 10.7. The van der Waals surface area contributed by atoms with Crippen molar-refractivity contribution >= 4 is 10.1 Å². The monoisotopic (exact) mass is 288 g/mol. The van der Waals surface area contributed by atoms with Gasteiger partial charge in [-0.25, -0.2) is 0 Å². The second kappa shape index (κ2) is 6.86. The van der Waals surface area contributed by atoms with Crippen LogP contribution in [0.25, 0.3) is 11.1 Å². The maximum atomic E-state index is 11.4.